The smallest absolute Gasteiger partial charge is 0.159 e. The van der Waals surface area contributed by atoms with Gasteiger partial charge in [0.2, 0.25) is 0 Å². The summed E-state index contributed by atoms with van der Waals surface area (Å²) in [6.45, 7) is 1.83. The van der Waals surface area contributed by atoms with Crippen molar-refractivity contribution in [2.75, 3.05) is 7.11 Å². The topological polar surface area (TPSA) is 35.0 Å². The molecule has 3 aromatic rings. The molecule has 0 radical (unpaired) electrons. The van der Waals surface area contributed by atoms with E-state index in [4.69, 9.17) is 27.9 Å². The number of benzene rings is 2. The molecular formula is C17H12Cl2F2N2O. The first kappa shape index (κ1) is 16.9. The van der Waals surface area contributed by atoms with Gasteiger partial charge in [-0.25, -0.2) is 18.7 Å². The first-order chi connectivity index (χ1) is 11.5. The highest BCUT2D eigenvalue weighted by Gasteiger charge is 2.23. The summed E-state index contributed by atoms with van der Waals surface area (Å²) >= 11 is 12.3. The van der Waals surface area contributed by atoms with Gasteiger partial charge in [0.15, 0.2) is 5.82 Å². The molecule has 0 aliphatic heterocycles. The van der Waals surface area contributed by atoms with Crippen LogP contribution in [0.5, 0.6) is 5.75 Å². The monoisotopic (exact) mass is 368 g/mol. The number of hydrogen-bond acceptors (Lipinski definition) is 3. The molecule has 0 aliphatic carbocycles. The highest BCUT2D eigenvalue weighted by molar-refractivity contribution is 6.37. The predicted octanol–water partition coefficient (Wildman–Crippen LogP) is 5.45. The minimum Gasteiger partial charge on any atom is -0.496 e. The van der Waals surface area contributed by atoms with Gasteiger partial charge in [0, 0.05) is 17.4 Å². The SMILES string of the molecule is CCc1nc(Cl)c2cc(Cl)c(-c3c(F)cccc3OC)c(F)c2n1. The zero-order chi connectivity index (χ0) is 17.4. The number of hydrogen-bond donors (Lipinski definition) is 0. The third-order valence-corrected chi connectivity index (χ3v) is 4.23. The largest absolute Gasteiger partial charge is 0.496 e. The van der Waals surface area contributed by atoms with Crippen LogP contribution in [0.15, 0.2) is 24.3 Å². The first-order valence-electron chi connectivity index (χ1n) is 7.14. The summed E-state index contributed by atoms with van der Waals surface area (Å²) in [7, 11) is 1.37. The summed E-state index contributed by atoms with van der Waals surface area (Å²) < 4.78 is 34.6. The lowest BCUT2D eigenvalue weighted by Gasteiger charge is -2.14. The van der Waals surface area contributed by atoms with E-state index in [2.05, 4.69) is 9.97 Å². The van der Waals surface area contributed by atoms with Gasteiger partial charge in [-0.15, -0.1) is 0 Å². The lowest BCUT2D eigenvalue weighted by molar-refractivity contribution is 0.413. The number of nitrogens with zero attached hydrogens (tertiary/aromatic N) is 2. The number of aryl methyl sites for hydroxylation is 1. The van der Waals surface area contributed by atoms with Crippen molar-refractivity contribution in [1.82, 2.24) is 9.97 Å². The summed E-state index contributed by atoms with van der Waals surface area (Å²) in [4.78, 5) is 8.26. The van der Waals surface area contributed by atoms with E-state index in [-0.39, 0.29) is 38.0 Å². The molecule has 3 rings (SSSR count). The second kappa shape index (κ2) is 6.49. The van der Waals surface area contributed by atoms with Crippen LogP contribution in [0.4, 0.5) is 8.78 Å². The molecule has 0 N–H and O–H groups in total. The Kier molecular flexibility index (Phi) is 4.56. The van der Waals surface area contributed by atoms with Crippen molar-refractivity contribution in [3.05, 3.63) is 51.9 Å². The van der Waals surface area contributed by atoms with E-state index in [0.29, 0.717) is 12.2 Å². The van der Waals surface area contributed by atoms with Crippen molar-refractivity contribution in [1.29, 1.82) is 0 Å². The molecule has 0 amide bonds. The molecule has 124 valence electrons. The fraction of sp³-hybridized carbons (Fsp3) is 0.176. The minimum atomic E-state index is -0.764. The zero-order valence-corrected chi connectivity index (χ0v) is 14.3. The Hall–Kier alpha value is -1.98. The number of aromatic nitrogens is 2. The molecule has 24 heavy (non-hydrogen) atoms. The Bertz CT molecular complexity index is 948. The molecule has 3 nitrogen and oxygen atoms in total. The highest BCUT2D eigenvalue weighted by atomic mass is 35.5. The van der Waals surface area contributed by atoms with Gasteiger partial charge in [0.25, 0.3) is 0 Å². The van der Waals surface area contributed by atoms with Crippen LogP contribution >= 0.6 is 23.2 Å². The van der Waals surface area contributed by atoms with Gasteiger partial charge in [0.1, 0.15) is 28.1 Å². The van der Waals surface area contributed by atoms with Crippen molar-refractivity contribution >= 4 is 34.1 Å². The molecule has 2 aromatic carbocycles. The number of rotatable bonds is 3. The molecule has 0 unspecified atom stereocenters. The standard InChI is InChI=1S/C17H12Cl2F2N2O/c1-3-12-22-16-8(17(19)23-12)7-9(18)13(15(16)21)14-10(20)5-4-6-11(14)24-2/h4-7H,3H2,1-2H3. The van der Waals surface area contributed by atoms with Crippen molar-refractivity contribution < 1.29 is 13.5 Å². The quantitative estimate of drug-likeness (QED) is 0.576. The maximum absolute atomic E-state index is 15.2. The lowest BCUT2D eigenvalue weighted by atomic mass is 10.0. The van der Waals surface area contributed by atoms with Crippen LogP contribution in [-0.4, -0.2) is 17.1 Å². The van der Waals surface area contributed by atoms with Crippen molar-refractivity contribution in [3.8, 4) is 16.9 Å². The molecule has 1 heterocycles. The molecule has 0 bridgehead atoms. The zero-order valence-electron chi connectivity index (χ0n) is 12.8. The van der Waals surface area contributed by atoms with E-state index < -0.39 is 11.6 Å². The van der Waals surface area contributed by atoms with Crippen LogP contribution in [0.2, 0.25) is 10.2 Å². The van der Waals surface area contributed by atoms with E-state index in [9.17, 15) is 4.39 Å². The van der Waals surface area contributed by atoms with E-state index in [0.717, 1.165) is 0 Å². The molecule has 0 saturated heterocycles. The minimum absolute atomic E-state index is 0.00171. The number of methoxy groups -OCH3 is 1. The molecule has 0 atom stereocenters. The molecule has 1 aromatic heterocycles. The lowest BCUT2D eigenvalue weighted by Crippen LogP contribution is -2.00. The fourth-order valence-corrected chi connectivity index (χ4v) is 3.04. The Morgan fingerprint density at radius 1 is 1.12 bits per heavy atom. The fourth-order valence-electron chi connectivity index (χ4n) is 2.51. The number of ether oxygens (including phenoxy) is 1. The van der Waals surface area contributed by atoms with Gasteiger partial charge in [-0.05, 0) is 18.2 Å². The summed E-state index contributed by atoms with van der Waals surface area (Å²) in [6, 6.07) is 5.65. The van der Waals surface area contributed by atoms with E-state index in [1.54, 1.807) is 0 Å². The van der Waals surface area contributed by atoms with Gasteiger partial charge >= 0.3 is 0 Å². The van der Waals surface area contributed by atoms with Crippen LogP contribution in [0.3, 0.4) is 0 Å². The molecule has 7 heteroatoms. The molecular weight excluding hydrogens is 357 g/mol. The van der Waals surface area contributed by atoms with Gasteiger partial charge in [-0.2, -0.15) is 0 Å². The van der Waals surface area contributed by atoms with Gasteiger partial charge in [-0.3, -0.25) is 0 Å². The number of halogens is 4. The van der Waals surface area contributed by atoms with Gasteiger partial charge in [0.05, 0.1) is 17.7 Å². The average molecular weight is 369 g/mol. The van der Waals surface area contributed by atoms with E-state index >= 15 is 4.39 Å². The van der Waals surface area contributed by atoms with E-state index in [1.165, 1.54) is 31.4 Å². The Labute approximate surface area is 147 Å². The maximum atomic E-state index is 15.2. The van der Waals surface area contributed by atoms with Crippen molar-refractivity contribution in [2.45, 2.75) is 13.3 Å². The van der Waals surface area contributed by atoms with Crippen molar-refractivity contribution in [2.24, 2.45) is 0 Å². The van der Waals surface area contributed by atoms with Crippen LogP contribution in [-0.2, 0) is 6.42 Å². The van der Waals surface area contributed by atoms with Crippen molar-refractivity contribution in [3.63, 3.8) is 0 Å². The summed E-state index contributed by atoms with van der Waals surface area (Å²) in [5, 5.41) is 0.373. The van der Waals surface area contributed by atoms with Gasteiger partial charge in [-0.1, -0.05) is 36.2 Å². The normalized spacial score (nSPS) is 11.1. The highest BCUT2D eigenvalue weighted by Crippen LogP contribution is 2.41. The second-order valence-corrected chi connectivity index (χ2v) is 5.81. The molecule has 0 saturated carbocycles. The third kappa shape index (κ3) is 2.68. The summed E-state index contributed by atoms with van der Waals surface area (Å²) in [6.07, 6.45) is 0.482. The average Bonchev–Trinajstić information content (AvgIpc) is 2.57. The van der Waals surface area contributed by atoms with E-state index in [1.807, 2.05) is 6.92 Å². The number of fused-ring (bicyclic) bond motifs is 1. The molecule has 0 aliphatic rings. The molecule has 0 fully saturated rings. The maximum Gasteiger partial charge on any atom is 0.159 e. The first-order valence-corrected chi connectivity index (χ1v) is 7.90. The van der Waals surface area contributed by atoms with Crippen LogP contribution in [0.25, 0.3) is 22.0 Å². The Morgan fingerprint density at radius 3 is 2.54 bits per heavy atom. The second-order valence-electron chi connectivity index (χ2n) is 5.04. The third-order valence-electron chi connectivity index (χ3n) is 3.64. The van der Waals surface area contributed by atoms with Crippen LogP contribution in [0.1, 0.15) is 12.7 Å². The predicted molar refractivity (Wildman–Crippen MR) is 90.8 cm³/mol. The van der Waals surface area contributed by atoms with Crippen LogP contribution in [0, 0.1) is 11.6 Å². The van der Waals surface area contributed by atoms with Crippen LogP contribution < -0.4 is 4.74 Å². The Morgan fingerprint density at radius 2 is 1.88 bits per heavy atom. The summed E-state index contributed by atoms with van der Waals surface area (Å²) in [5.41, 5.74) is -0.176. The van der Waals surface area contributed by atoms with Gasteiger partial charge < -0.3 is 4.74 Å². The Balaban J connectivity index is 2.42. The summed E-state index contributed by atoms with van der Waals surface area (Å²) in [5.74, 6) is -0.851. The molecule has 0 spiro atoms.